The number of aromatic nitrogens is 2. The number of ether oxygens (including phenoxy) is 2. The molecule has 0 unspecified atom stereocenters. The maximum atomic E-state index is 13.3. The SMILES string of the molecule is CCOc1cc(C=Nn2c(C(C)C)nc3ccc(Br)cc3c2=O)cc([N+](=O)[O-])c1OCc1ccc(Cl)cc1. The summed E-state index contributed by atoms with van der Waals surface area (Å²) >= 11 is 9.32. The highest BCUT2D eigenvalue weighted by molar-refractivity contribution is 9.10. The molecule has 196 valence electrons. The van der Waals surface area contributed by atoms with E-state index >= 15 is 0 Å². The molecule has 0 aliphatic carbocycles. The largest absolute Gasteiger partial charge is 0.490 e. The average Bonchev–Trinajstić information content (AvgIpc) is 2.88. The van der Waals surface area contributed by atoms with Crippen LogP contribution < -0.4 is 15.0 Å². The minimum absolute atomic E-state index is 0.00112. The molecule has 1 heterocycles. The fourth-order valence-corrected chi connectivity index (χ4v) is 4.22. The summed E-state index contributed by atoms with van der Waals surface area (Å²) in [5.74, 6) is 0.545. The molecule has 0 aliphatic rings. The van der Waals surface area contributed by atoms with Gasteiger partial charge in [-0.3, -0.25) is 14.9 Å². The third-order valence-electron chi connectivity index (χ3n) is 5.52. The molecule has 1 aromatic heterocycles. The Morgan fingerprint density at radius 2 is 1.89 bits per heavy atom. The van der Waals surface area contributed by atoms with Gasteiger partial charge < -0.3 is 9.47 Å². The van der Waals surface area contributed by atoms with Crippen LogP contribution in [0, 0.1) is 10.1 Å². The summed E-state index contributed by atoms with van der Waals surface area (Å²) in [5, 5.41) is 17.3. The van der Waals surface area contributed by atoms with Gasteiger partial charge in [-0.05, 0) is 48.9 Å². The van der Waals surface area contributed by atoms with Crippen LogP contribution in [-0.2, 0) is 6.61 Å². The summed E-state index contributed by atoms with van der Waals surface area (Å²) in [5.41, 5.74) is 1.06. The van der Waals surface area contributed by atoms with E-state index < -0.39 is 4.92 Å². The highest BCUT2D eigenvalue weighted by atomic mass is 79.9. The van der Waals surface area contributed by atoms with Crippen molar-refractivity contribution in [3.05, 3.63) is 102 Å². The summed E-state index contributed by atoms with van der Waals surface area (Å²) < 4.78 is 13.5. The lowest BCUT2D eigenvalue weighted by Gasteiger charge is -2.14. The summed E-state index contributed by atoms with van der Waals surface area (Å²) in [6.45, 7) is 5.92. The second-order valence-electron chi connectivity index (χ2n) is 8.62. The first kappa shape index (κ1) is 27.3. The molecule has 9 nitrogen and oxygen atoms in total. The average molecular weight is 600 g/mol. The molecule has 0 radical (unpaired) electrons. The molecule has 4 rings (SSSR count). The number of halogens is 2. The molecule has 38 heavy (non-hydrogen) atoms. The lowest BCUT2D eigenvalue weighted by molar-refractivity contribution is -0.386. The van der Waals surface area contributed by atoms with Gasteiger partial charge in [-0.1, -0.05) is 53.5 Å². The van der Waals surface area contributed by atoms with Crippen LogP contribution in [0.2, 0.25) is 5.02 Å². The van der Waals surface area contributed by atoms with Gasteiger partial charge in [0, 0.05) is 27.0 Å². The van der Waals surface area contributed by atoms with Crippen molar-refractivity contribution in [2.45, 2.75) is 33.3 Å². The quantitative estimate of drug-likeness (QED) is 0.120. The van der Waals surface area contributed by atoms with Crippen molar-refractivity contribution in [1.82, 2.24) is 9.66 Å². The van der Waals surface area contributed by atoms with E-state index in [0.29, 0.717) is 27.3 Å². The molecule has 0 spiro atoms. The van der Waals surface area contributed by atoms with Gasteiger partial charge in [-0.15, -0.1) is 0 Å². The van der Waals surface area contributed by atoms with Crippen LogP contribution in [0.25, 0.3) is 10.9 Å². The first-order chi connectivity index (χ1) is 18.2. The summed E-state index contributed by atoms with van der Waals surface area (Å²) in [7, 11) is 0. The van der Waals surface area contributed by atoms with Crippen LogP contribution in [0.15, 0.2) is 69.0 Å². The predicted molar refractivity (Wildman–Crippen MR) is 151 cm³/mol. The Morgan fingerprint density at radius 3 is 2.55 bits per heavy atom. The number of rotatable bonds is 9. The Balaban J connectivity index is 1.77. The molecule has 0 atom stereocenters. The Hall–Kier alpha value is -3.76. The van der Waals surface area contributed by atoms with Crippen molar-refractivity contribution in [3.8, 4) is 11.5 Å². The monoisotopic (exact) mass is 598 g/mol. The van der Waals surface area contributed by atoms with Crippen molar-refractivity contribution in [3.63, 3.8) is 0 Å². The van der Waals surface area contributed by atoms with Crippen molar-refractivity contribution in [2.75, 3.05) is 6.61 Å². The molecule has 0 saturated heterocycles. The molecule has 4 aromatic rings. The lowest BCUT2D eigenvalue weighted by Crippen LogP contribution is -2.23. The van der Waals surface area contributed by atoms with Gasteiger partial charge >= 0.3 is 5.69 Å². The van der Waals surface area contributed by atoms with Gasteiger partial charge in [-0.25, -0.2) is 4.98 Å². The molecular formula is C27H24BrClN4O5. The highest BCUT2D eigenvalue weighted by Gasteiger charge is 2.23. The molecule has 11 heteroatoms. The standard InChI is InChI=1S/C27H24BrClN4O5/c1-4-37-24-12-18(11-23(33(35)36)25(24)38-15-17-5-8-20(29)9-6-17)14-30-32-26(16(2)3)31-22-10-7-19(28)13-21(22)27(32)34/h5-14,16H,4,15H2,1-3H3. The second kappa shape index (κ2) is 11.7. The molecule has 0 saturated carbocycles. The van der Waals surface area contributed by atoms with Gasteiger partial charge in [-0.2, -0.15) is 9.78 Å². The lowest BCUT2D eigenvalue weighted by atomic mass is 10.1. The minimum atomic E-state index is -0.544. The van der Waals surface area contributed by atoms with E-state index in [-0.39, 0.29) is 41.9 Å². The highest BCUT2D eigenvalue weighted by Crippen LogP contribution is 2.39. The van der Waals surface area contributed by atoms with E-state index in [0.717, 1.165) is 10.0 Å². The van der Waals surface area contributed by atoms with Gasteiger partial charge in [0.15, 0.2) is 5.75 Å². The van der Waals surface area contributed by atoms with Crippen LogP contribution in [0.4, 0.5) is 5.69 Å². The van der Waals surface area contributed by atoms with Gasteiger partial charge in [0.05, 0.1) is 28.6 Å². The normalized spacial score (nSPS) is 11.4. The molecule has 0 N–H and O–H groups in total. The summed E-state index contributed by atoms with van der Waals surface area (Å²) in [6, 6.07) is 15.2. The maximum absolute atomic E-state index is 13.3. The predicted octanol–water partition coefficient (Wildman–Crippen LogP) is 6.70. The topological polar surface area (TPSA) is 109 Å². The molecule has 0 aliphatic heterocycles. The molecule has 0 bridgehead atoms. The Kier molecular flexibility index (Phi) is 8.43. The summed E-state index contributed by atoms with van der Waals surface area (Å²) in [4.78, 5) is 29.3. The molecule has 0 fully saturated rings. The van der Waals surface area contributed by atoms with E-state index in [2.05, 4.69) is 26.0 Å². The number of nitro benzene ring substituents is 1. The fourth-order valence-electron chi connectivity index (χ4n) is 3.74. The Bertz CT molecular complexity index is 1590. The number of nitrogens with zero attached hydrogens (tertiary/aromatic N) is 4. The zero-order valence-corrected chi connectivity index (χ0v) is 23.2. The summed E-state index contributed by atoms with van der Waals surface area (Å²) in [6.07, 6.45) is 1.37. The van der Waals surface area contributed by atoms with Crippen molar-refractivity contribution in [2.24, 2.45) is 5.10 Å². The van der Waals surface area contributed by atoms with Crippen molar-refractivity contribution < 1.29 is 14.4 Å². The van der Waals surface area contributed by atoms with E-state index in [9.17, 15) is 14.9 Å². The smallest absolute Gasteiger partial charge is 0.315 e. The van der Waals surface area contributed by atoms with E-state index in [4.69, 9.17) is 21.1 Å². The van der Waals surface area contributed by atoms with E-state index in [1.807, 2.05) is 19.9 Å². The Labute approximate surface area is 232 Å². The fraction of sp³-hybridized carbons (Fsp3) is 0.222. The van der Waals surface area contributed by atoms with Gasteiger partial charge in [0.2, 0.25) is 5.75 Å². The van der Waals surface area contributed by atoms with Crippen LogP contribution in [0.5, 0.6) is 11.5 Å². The Morgan fingerprint density at radius 1 is 1.16 bits per heavy atom. The molecule has 0 amide bonds. The van der Waals surface area contributed by atoms with Crippen LogP contribution >= 0.6 is 27.5 Å². The number of hydrogen-bond acceptors (Lipinski definition) is 7. The number of fused-ring (bicyclic) bond motifs is 1. The first-order valence-electron chi connectivity index (χ1n) is 11.8. The van der Waals surface area contributed by atoms with Crippen molar-refractivity contribution >= 4 is 50.3 Å². The zero-order chi connectivity index (χ0) is 27.4. The maximum Gasteiger partial charge on any atom is 0.315 e. The van der Waals surface area contributed by atoms with Crippen molar-refractivity contribution in [1.29, 1.82) is 0 Å². The third kappa shape index (κ3) is 6.03. The van der Waals surface area contributed by atoms with E-state index in [1.165, 1.54) is 17.0 Å². The number of benzene rings is 3. The minimum Gasteiger partial charge on any atom is -0.490 e. The van der Waals surface area contributed by atoms with Crippen LogP contribution in [0.1, 0.15) is 43.6 Å². The van der Waals surface area contributed by atoms with Crippen LogP contribution in [0.3, 0.4) is 0 Å². The zero-order valence-electron chi connectivity index (χ0n) is 20.9. The second-order valence-corrected chi connectivity index (χ2v) is 9.97. The van der Waals surface area contributed by atoms with Crippen LogP contribution in [-0.4, -0.2) is 27.4 Å². The van der Waals surface area contributed by atoms with Gasteiger partial charge in [0.1, 0.15) is 12.4 Å². The van der Waals surface area contributed by atoms with Gasteiger partial charge in [0.25, 0.3) is 5.56 Å². The molecular weight excluding hydrogens is 576 g/mol. The first-order valence-corrected chi connectivity index (χ1v) is 12.9. The third-order valence-corrected chi connectivity index (χ3v) is 6.27. The molecule has 3 aromatic carbocycles. The van der Waals surface area contributed by atoms with E-state index in [1.54, 1.807) is 49.4 Å². The number of nitro groups is 1. The number of hydrogen-bond donors (Lipinski definition) is 0.